The Morgan fingerprint density at radius 3 is 2.60 bits per heavy atom. The number of rotatable bonds is 6. The van der Waals surface area contributed by atoms with Gasteiger partial charge in [0.05, 0.1) is 30.2 Å². The number of methoxy groups -OCH3 is 1. The van der Waals surface area contributed by atoms with E-state index in [1.54, 1.807) is 0 Å². The molecule has 0 saturated carbocycles. The number of hydrogen-bond acceptors (Lipinski definition) is 5. The fourth-order valence-electron chi connectivity index (χ4n) is 1.67. The molecule has 1 heterocycles. The van der Waals surface area contributed by atoms with E-state index < -0.39 is 18.9 Å². The highest BCUT2D eigenvalue weighted by molar-refractivity contribution is 6.29. The zero-order chi connectivity index (χ0) is 15.3. The molecule has 6 N–H and O–H groups in total. The summed E-state index contributed by atoms with van der Waals surface area (Å²) < 4.78 is 31.7. The lowest BCUT2D eigenvalue weighted by atomic mass is 10.0. The first-order valence-corrected chi connectivity index (χ1v) is 5.97. The van der Waals surface area contributed by atoms with Crippen molar-refractivity contribution in [3.8, 4) is 0 Å². The summed E-state index contributed by atoms with van der Waals surface area (Å²) in [4.78, 5) is 0. The summed E-state index contributed by atoms with van der Waals surface area (Å²) in [6.07, 6.45) is 0.878. The van der Waals surface area contributed by atoms with Gasteiger partial charge in [0.15, 0.2) is 5.88 Å². The average molecular weight is 308 g/mol. The van der Waals surface area contributed by atoms with Crippen LogP contribution in [-0.2, 0) is 4.74 Å². The minimum atomic E-state index is -2.59. The first kappa shape index (κ1) is 16.1. The van der Waals surface area contributed by atoms with E-state index in [1.165, 1.54) is 30.3 Å². The summed E-state index contributed by atoms with van der Waals surface area (Å²) in [7, 11) is 1.31. The van der Waals surface area contributed by atoms with E-state index in [1.807, 2.05) is 0 Å². The second-order valence-electron chi connectivity index (χ2n) is 3.95. The number of alkyl halides is 2. The molecule has 6 nitrogen and oxygen atoms in total. The van der Waals surface area contributed by atoms with Crippen molar-refractivity contribution in [1.82, 2.24) is 9.78 Å². The fourth-order valence-corrected chi connectivity index (χ4v) is 1.78. The number of halogens is 3. The summed E-state index contributed by atoms with van der Waals surface area (Å²) in [5, 5.41) is 3.80. The van der Waals surface area contributed by atoms with Crippen molar-refractivity contribution in [2.45, 2.75) is 18.9 Å². The Labute approximate surface area is 119 Å². The van der Waals surface area contributed by atoms with E-state index in [0.29, 0.717) is 5.69 Å². The van der Waals surface area contributed by atoms with Crippen LogP contribution in [0.5, 0.6) is 0 Å². The molecule has 0 aliphatic heterocycles. The molecule has 0 aliphatic rings. The minimum absolute atomic E-state index is 0.0756. The molecule has 0 aromatic carbocycles. The van der Waals surface area contributed by atoms with Gasteiger partial charge in [0, 0.05) is 18.2 Å². The van der Waals surface area contributed by atoms with Crippen LogP contribution in [0.2, 0.25) is 0 Å². The zero-order valence-electron chi connectivity index (χ0n) is 10.8. The Morgan fingerprint density at radius 2 is 2.20 bits per heavy atom. The summed E-state index contributed by atoms with van der Waals surface area (Å²) >= 11 is 5.60. The van der Waals surface area contributed by atoms with Gasteiger partial charge in [0.2, 0.25) is 6.43 Å². The molecule has 0 spiro atoms. The van der Waals surface area contributed by atoms with Crippen LogP contribution in [0.15, 0.2) is 35.1 Å². The number of anilines is 1. The largest absolute Gasteiger partial charge is 0.482 e. The van der Waals surface area contributed by atoms with Gasteiger partial charge in [-0.1, -0.05) is 11.6 Å². The third kappa shape index (κ3) is 4.30. The van der Waals surface area contributed by atoms with E-state index in [4.69, 9.17) is 33.5 Å². The number of ether oxygens (including phenoxy) is 1. The molecule has 1 unspecified atom stereocenters. The highest BCUT2D eigenvalue weighted by atomic mass is 35.5. The van der Waals surface area contributed by atoms with Gasteiger partial charge >= 0.3 is 0 Å². The van der Waals surface area contributed by atoms with Crippen LogP contribution < -0.4 is 17.2 Å². The molecule has 20 heavy (non-hydrogen) atoms. The summed E-state index contributed by atoms with van der Waals surface area (Å²) in [6, 6.07) is -0.899. The van der Waals surface area contributed by atoms with Crippen molar-refractivity contribution in [3.05, 3.63) is 35.1 Å². The van der Waals surface area contributed by atoms with Gasteiger partial charge in [0.25, 0.3) is 0 Å². The van der Waals surface area contributed by atoms with Crippen LogP contribution in [0.4, 0.5) is 14.5 Å². The zero-order valence-corrected chi connectivity index (χ0v) is 11.5. The topological polar surface area (TPSA) is 105 Å². The average Bonchev–Trinajstić information content (AvgIpc) is 2.78. The summed E-state index contributed by atoms with van der Waals surface area (Å²) in [5.41, 5.74) is 17.1. The third-order valence-corrected chi connectivity index (χ3v) is 2.61. The lowest BCUT2D eigenvalue weighted by Gasteiger charge is -2.20. The predicted octanol–water partition coefficient (Wildman–Crippen LogP) is 1.52. The van der Waals surface area contributed by atoms with Crippen LogP contribution in [-0.4, -0.2) is 23.3 Å². The minimum Gasteiger partial charge on any atom is -0.482 e. The number of aromatic nitrogens is 2. The van der Waals surface area contributed by atoms with Crippen molar-refractivity contribution in [1.29, 1.82) is 0 Å². The first-order chi connectivity index (χ1) is 9.35. The van der Waals surface area contributed by atoms with Gasteiger partial charge in [-0.2, -0.15) is 5.10 Å². The number of allylic oxidation sites excluding steroid dienone is 2. The van der Waals surface area contributed by atoms with Gasteiger partial charge in [-0.3, -0.25) is 4.68 Å². The molecule has 1 aromatic rings. The van der Waals surface area contributed by atoms with Crippen molar-refractivity contribution >= 4 is 17.3 Å². The fraction of sp³-hybridized carbons (Fsp3) is 0.364. The molecule has 1 atom stereocenters. The number of hydrogen-bond donors (Lipinski definition) is 3. The normalized spacial score (nSPS) is 15.2. The lowest BCUT2D eigenvalue weighted by Crippen LogP contribution is -2.19. The standard InChI is InChI=1S/C11H16ClF2N5O/c1-20-11(17)7(2-9(12)16)8(3-10(13)14)19-5-6(15)4-18-19/h2,4-5,8,10H,3,15-17H2,1H3/b9-2-,11-7-. The molecule has 1 rings (SSSR count). The molecule has 0 bridgehead atoms. The van der Waals surface area contributed by atoms with Gasteiger partial charge < -0.3 is 21.9 Å². The van der Waals surface area contributed by atoms with Gasteiger partial charge in [-0.25, -0.2) is 8.78 Å². The van der Waals surface area contributed by atoms with E-state index in [0.717, 1.165) is 0 Å². The molecule has 0 amide bonds. The van der Waals surface area contributed by atoms with Crippen LogP contribution in [0.1, 0.15) is 12.5 Å². The van der Waals surface area contributed by atoms with E-state index in [-0.39, 0.29) is 16.6 Å². The second-order valence-corrected chi connectivity index (χ2v) is 4.39. The highest BCUT2D eigenvalue weighted by Crippen LogP contribution is 2.28. The number of nitrogens with zero attached hydrogens (tertiary/aromatic N) is 2. The van der Waals surface area contributed by atoms with Crippen molar-refractivity contribution in [2.24, 2.45) is 11.5 Å². The Kier molecular flexibility index (Phi) is 5.63. The molecule has 0 saturated heterocycles. The maximum atomic E-state index is 12.8. The Balaban J connectivity index is 3.29. The molecule has 9 heteroatoms. The number of nitrogens with two attached hydrogens (primary N) is 3. The van der Waals surface area contributed by atoms with E-state index >= 15 is 0 Å². The number of nitrogen functional groups attached to an aromatic ring is 1. The van der Waals surface area contributed by atoms with Crippen LogP contribution in [0.25, 0.3) is 0 Å². The van der Waals surface area contributed by atoms with E-state index in [2.05, 4.69) is 5.10 Å². The molecule has 0 radical (unpaired) electrons. The monoisotopic (exact) mass is 307 g/mol. The molecule has 1 aromatic heterocycles. The quantitative estimate of drug-likeness (QED) is 0.420. The summed E-state index contributed by atoms with van der Waals surface area (Å²) in [6.45, 7) is 0. The van der Waals surface area contributed by atoms with Gasteiger partial charge in [-0.05, 0) is 6.08 Å². The molecule has 112 valence electrons. The molecule has 0 fully saturated rings. The lowest BCUT2D eigenvalue weighted by molar-refractivity contribution is 0.119. The first-order valence-electron chi connectivity index (χ1n) is 5.59. The van der Waals surface area contributed by atoms with Crippen molar-refractivity contribution in [2.75, 3.05) is 12.8 Å². The van der Waals surface area contributed by atoms with Gasteiger partial charge in [0.1, 0.15) is 0 Å². The molecular weight excluding hydrogens is 292 g/mol. The second kappa shape index (κ2) is 6.99. The smallest absolute Gasteiger partial charge is 0.241 e. The summed E-state index contributed by atoms with van der Waals surface area (Å²) in [5.74, 6) is -0.0756. The van der Waals surface area contributed by atoms with E-state index in [9.17, 15) is 8.78 Å². The molecular formula is C11H16ClF2N5O. The predicted molar refractivity (Wildman–Crippen MR) is 72.6 cm³/mol. The maximum absolute atomic E-state index is 12.8. The Morgan fingerprint density at radius 1 is 1.55 bits per heavy atom. The van der Waals surface area contributed by atoms with Crippen LogP contribution in [0.3, 0.4) is 0 Å². The van der Waals surface area contributed by atoms with Crippen LogP contribution in [0, 0.1) is 0 Å². The Hall–Kier alpha value is -1.96. The van der Waals surface area contributed by atoms with Crippen LogP contribution >= 0.6 is 11.6 Å². The third-order valence-electron chi connectivity index (χ3n) is 2.50. The highest BCUT2D eigenvalue weighted by Gasteiger charge is 2.24. The molecule has 0 aliphatic carbocycles. The van der Waals surface area contributed by atoms with Gasteiger partial charge in [-0.15, -0.1) is 0 Å². The van der Waals surface area contributed by atoms with Crippen molar-refractivity contribution in [3.63, 3.8) is 0 Å². The maximum Gasteiger partial charge on any atom is 0.241 e. The SMILES string of the molecule is CO/C(N)=C(/C=C(\N)Cl)C(CC(F)F)n1cc(N)cn1. The van der Waals surface area contributed by atoms with Crippen molar-refractivity contribution < 1.29 is 13.5 Å². The Bertz CT molecular complexity index is 511.